The van der Waals surface area contributed by atoms with Gasteiger partial charge in [-0.2, -0.15) is 0 Å². The maximum atomic E-state index is 10.4. The van der Waals surface area contributed by atoms with Crippen LogP contribution < -0.4 is 0 Å². The predicted octanol–water partition coefficient (Wildman–Crippen LogP) is -0.759. The molecule has 1 N–H and O–H groups in total. The molecule has 0 spiro atoms. The second-order valence-corrected chi connectivity index (χ2v) is 2.12. The van der Waals surface area contributed by atoms with Crippen molar-refractivity contribution in [2.24, 2.45) is 0 Å². The van der Waals surface area contributed by atoms with E-state index >= 15 is 0 Å². The van der Waals surface area contributed by atoms with E-state index in [9.17, 15) is 4.79 Å². The fraction of sp³-hybridized carbons (Fsp3) is 0.833. The second-order valence-electron chi connectivity index (χ2n) is 2.12. The third kappa shape index (κ3) is 2.45. The fourth-order valence-corrected chi connectivity index (χ4v) is 0.776. The number of hydrogen-bond donors (Lipinski definition) is 1. The van der Waals surface area contributed by atoms with E-state index in [1.807, 2.05) is 0 Å². The Balaban J connectivity index is 2.24. The number of rotatable bonds is 2. The Kier molecular flexibility index (Phi) is 2.81. The molecule has 0 amide bonds. The van der Waals surface area contributed by atoms with Gasteiger partial charge in [0.25, 0.3) is 0 Å². The van der Waals surface area contributed by atoms with Crippen molar-refractivity contribution in [2.45, 2.75) is 19.5 Å². The van der Waals surface area contributed by atoms with Gasteiger partial charge >= 0.3 is 5.97 Å². The minimum absolute atomic E-state index is 0.185. The van der Waals surface area contributed by atoms with E-state index in [2.05, 4.69) is 4.74 Å². The topological polar surface area (TPSA) is 65.0 Å². The lowest BCUT2D eigenvalue weighted by Gasteiger charge is -2.08. The van der Waals surface area contributed by atoms with Gasteiger partial charge in [0.15, 0.2) is 6.29 Å². The normalized spacial score (nSPS) is 30.4. The van der Waals surface area contributed by atoms with Crippen LogP contribution in [0.4, 0.5) is 0 Å². The highest BCUT2D eigenvalue weighted by Gasteiger charge is 2.27. The Morgan fingerprint density at radius 2 is 2.55 bits per heavy atom. The number of carbonyl (C=O) groups excluding carboxylic acids is 1. The molecule has 0 aliphatic carbocycles. The lowest BCUT2D eigenvalue weighted by Crippen LogP contribution is -2.20. The maximum absolute atomic E-state index is 10.4. The van der Waals surface area contributed by atoms with Gasteiger partial charge in [-0.05, 0) is 0 Å². The van der Waals surface area contributed by atoms with E-state index in [0.717, 1.165) is 0 Å². The van der Waals surface area contributed by atoms with Gasteiger partial charge in [-0.25, -0.2) is 0 Å². The summed E-state index contributed by atoms with van der Waals surface area (Å²) in [4.78, 5) is 10.4. The average molecular weight is 162 g/mol. The lowest BCUT2D eigenvalue weighted by molar-refractivity contribution is -0.177. The first-order valence-electron chi connectivity index (χ1n) is 3.27. The molecule has 1 rings (SSSR count). The zero-order valence-electron chi connectivity index (χ0n) is 6.15. The SMILES string of the molecule is CC(=O)OC1COC(CO)O1. The summed E-state index contributed by atoms with van der Waals surface area (Å²) in [7, 11) is 0. The molecule has 2 atom stereocenters. The van der Waals surface area contributed by atoms with E-state index in [-0.39, 0.29) is 13.2 Å². The number of ether oxygens (including phenoxy) is 3. The molecule has 1 aliphatic rings. The Hall–Kier alpha value is -0.650. The summed E-state index contributed by atoms with van der Waals surface area (Å²) in [6, 6.07) is 0. The van der Waals surface area contributed by atoms with Crippen LogP contribution in [0.3, 0.4) is 0 Å². The molecule has 0 saturated carbocycles. The van der Waals surface area contributed by atoms with E-state index in [1.165, 1.54) is 6.92 Å². The van der Waals surface area contributed by atoms with Gasteiger partial charge in [0.05, 0.1) is 6.61 Å². The van der Waals surface area contributed by atoms with Crippen LogP contribution in [0.15, 0.2) is 0 Å². The van der Waals surface area contributed by atoms with Crippen molar-refractivity contribution in [3.05, 3.63) is 0 Å². The molecule has 1 aliphatic heterocycles. The molecule has 11 heavy (non-hydrogen) atoms. The standard InChI is InChI=1S/C6H10O5/c1-4(8)10-6-3-9-5(2-7)11-6/h5-7H,2-3H2,1H3. The van der Waals surface area contributed by atoms with Gasteiger partial charge in [-0.15, -0.1) is 0 Å². The molecule has 5 nitrogen and oxygen atoms in total. The van der Waals surface area contributed by atoms with Crippen LogP contribution in [0, 0.1) is 0 Å². The minimum Gasteiger partial charge on any atom is -0.433 e. The van der Waals surface area contributed by atoms with E-state index in [4.69, 9.17) is 14.6 Å². The second kappa shape index (κ2) is 3.66. The summed E-state index contributed by atoms with van der Waals surface area (Å²) >= 11 is 0. The number of aliphatic hydroxyl groups is 1. The van der Waals surface area contributed by atoms with E-state index < -0.39 is 18.5 Å². The quantitative estimate of drug-likeness (QED) is 0.541. The van der Waals surface area contributed by atoms with Gasteiger partial charge in [0, 0.05) is 6.92 Å². The molecule has 1 heterocycles. The molecule has 0 aromatic heterocycles. The summed E-state index contributed by atoms with van der Waals surface area (Å²) in [6.07, 6.45) is -1.32. The smallest absolute Gasteiger partial charge is 0.305 e. The van der Waals surface area contributed by atoms with Crippen LogP contribution in [-0.4, -0.2) is 36.9 Å². The van der Waals surface area contributed by atoms with Crippen LogP contribution in [0.2, 0.25) is 0 Å². The van der Waals surface area contributed by atoms with Crippen LogP contribution >= 0.6 is 0 Å². The van der Waals surface area contributed by atoms with Gasteiger partial charge in [-0.3, -0.25) is 4.79 Å². The lowest BCUT2D eigenvalue weighted by atomic mass is 10.7. The zero-order chi connectivity index (χ0) is 8.27. The number of hydrogen-bond acceptors (Lipinski definition) is 5. The van der Waals surface area contributed by atoms with Crippen LogP contribution in [0.5, 0.6) is 0 Å². The molecule has 1 fully saturated rings. The van der Waals surface area contributed by atoms with Crippen molar-refractivity contribution in [3.63, 3.8) is 0 Å². The Morgan fingerprint density at radius 1 is 1.82 bits per heavy atom. The number of carbonyl (C=O) groups is 1. The van der Waals surface area contributed by atoms with Gasteiger partial charge in [0.1, 0.15) is 6.61 Å². The fourth-order valence-electron chi connectivity index (χ4n) is 0.776. The van der Waals surface area contributed by atoms with Gasteiger partial charge in [-0.1, -0.05) is 0 Å². The van der Waals surface area contributed by atoms with E-state index in [0.29, 0.717) is 0 Å². The molecule has 0 aromatic rings. The van der Waals surface area contributed by atoms with Crippen molar-refractivity contribution >= 4 is 5.97 Å². The minimum atomic E-state index is -0.662. The number of aliphatic hydroxyl groups excluding tert-OH is 1. The monoisotopic (exact) mass is 162 g/mol. The first kappa shape index (κ1) is 8.45. The summed E-state index contributed by atoms with van der Waals surface area (Å²) < 4.78 is 14.4. The Bertz CT molecular complexity index is 146. The third-order valence-corrected chi connectivity index (χ3v) is 1.17. The Labute approximate surface area is 63.9 Å². The molecule has 2 unspecified atom stereocenters. The zero-order valence-corrected chi connectivity index (χ0v) is 6.15. The first-order valence-corrected chi connectivity index (χ1v) is 3.27. The highest BCUT2D eigenvalue weighted by atomic mass is 16.8. The molecule has 0 radical (unpaired) electrons. The van der Waals surface area contributed by atoms with Crippen molar-refractivity contribution in [2.75, 3.05) is 13.2 Å². The van der Waals surface area contributed by atoms with E-state index in [1.54, 1.807) is 0 Å². The summed E-state index contributed by atoms with van der Waals surface area (Å²) in [6.45, 7) is 1.25. The largest absolute Gasteiger partial charge is 0.433 e. The van der Waals surface area contributed by atoms with Crippen LogP contribution in [0.1, 0.15) is 6.92 Å². The van der Waals surface area contributed by atoms with Gasteiger partial charge < -0.3 is 19.3 Å². The number of esters is 1. The molecular formula is C6H10O5. The summed E-state index contributed by atoms with van der Waals surface area (Å²) in [5, 5.41) is 8.53. The molecule has 1 saturated heterocycles. The molecule has 0 bridgehead atoms. The third-order valence-electron chi connectivity index (χ3n) is 1.17. The molecule has 64 valence electrons. The van der Waals surface area contributed by atoms with Crippen molar-refractivity contribution in [1.82, 2.24) is 0 Å². The highest BCUT2D eigenvalue weighted by Crippen LogP contribution is 2.11. The molecule has 0 aromatic carbocycles. The highest BCUT2D eigenvalue weighted by molar-refractivity contribution is 5.66. The summed E-state index contributed by atoms with van der Waals surface area (Å²) in [5.41, 5.74) is 0. The predicted molar refractivity (Wildman–Crippen MR) is 33.5 cm³/mol. The van der Waals surface area contributed by atoms with Gasteiger partial charge in [0.2, 0.25) is 6.29 Å². The molecule has 5 heteroatoms. The first-order chi connectivity index (χ1) is 5.22. The summed E-state index contributed by atoms with van der Waals surface area (Å²) in [5.74, 6) is -0.419. The molecular weight excluding hydrogens is 152 g/mol. The van der Waals surface area contributed by atoms with Crippen molar-refractivity contribution in [1.29, 1.82) is 0 Å². The van der Waals surface area contributed by atoms with Crippen LogP contribution in [0.25, 0.3) is 0 Å². The van der Waals surface area contributed by atoms with Crippen molar-refractivity contribution in [3.8, 4) is 0 Å². The maximum Gasteiger partial charge on any atom is 0.305 e. The Morgan fingerprint density at radius 3 is 3.00 bits per heavy atom. The van der Waals surface area contributed by atoms with Crippen molar-refractivity contribution < 1.29 is 24.1 Å². The average Bonchev–Trinajstić information content (AvgIpc) is 2.34. The van der Waals surface area contributed by atoms with Crippen LogP contribution in [-0.2, 0) is 19.0 Å².